The molecule has 2 heterocycles. The molecule has 0 spiro atoms. The third kappa shape index (κ3) is 3.87. The van der Waals surface area contributed by atoms with Gasteiger partial charge >= 0.3 is 0 Å². The maximum atomic E-state index is 12.4. The van der Waals surface area contributed by atoms with Gasteiger partial charge in [0.05, 0.1) is 18.1 Å². The van der Waals surface area contributed by atoms with Gasteiger partial charge in [-0.15, -0.1) is 0 Å². The van der Waals surface area contributed by atoms with Crippen molar-refractivity contribution in [2.75, 3.05) is 18.2 Å². The second-order valence-electron chi connectivity index (χ2n) is 6.20. The summed E-state index contributed by atoms with van der Waals surface area (Å²) < 4.78 is 5.11. The molecule has 1 amide bonds. The van der Waals surface area contributed by atoms with E-state index in [1.54, 1.807) is 37.6 Å². The van der Waals surface area contributed by atoms with Crippen molar-refractivity contribution >= 4 is 28.4 Å². The molecule has 2 aromatic carbocycles. The molecule has 4 aromatic rings. The molecule has 2 aromatic heterocycles. The molecule has 7 heteroatoms. The number of nitrogens with two attached hydrogens (primary N) is 1. The van der Waals surface area contributed by atoms with Crippen LogP contribution in [-0.4, -0.2) is 28.0 Å². The number of nitrogens with zero attached hydrogens (tertiary/aromatic N) is 2. The highest BCUT2D eigenvalue weighted by Gasteiger charge is 2.08. The summed E-state index contributed by atoms with van der Waals surface area (Å²) in [5.41, 5.74) is 9.23. The second kappa shape index (κ2) is 7.74. The van der Waals surface area contributed by atoms with E-state index >= 15 is 0 Å². The Morgan fingerprint density at radius 1 is 1.14 bits per heavy atom. The van der Waals surface area contributed by atoms with Crippen molar-refractivity contribution in [2.45, 2.75) is 0 Å². The summed E-state index contributed by atoms with van der Waals surface area (Å²) in [6, 6.07) is 14.2. The number of carbonyl (C=O) groups is 1. The number of nitrogens with one attached hydrogen (secondary N) is 2. The predicted octanol–water partition coefficient (Wildman–Crippen LogP) is 3.20. The number of fused-ring (bicyclic) bond motifs is 1. The average Bonchev–Trinajstić information content (AvgIpc) is 3.17. The van der Waals surface area contributed by atoms with E-state index in [0.717, 1.165) is 5.56 Å². The van der Waals surface area contributed by atoms with Gasteiger partial charge in [-0.25, -0.2) is 9.97 Å². The van der Waals surface area contributed by atoms with E-state index in [0.29, 0.717) is 39.4 Å². The normalized spacial score (nSPS) is 10.2. The third-order valence-electron chi connectivity index (χ3n) is 4.31. The Hall–Kier alpha value is -4.31. The first-order valence-electron chi connectivity index (χ1n) is 8.79. The molecule has 7 nitrogen and oxygen atoms in total. The Morgan fingerprint density at radius 3 is 2.76 bits per heavy atom. The predicted molar refractivity (Wildman–Crippen MR) is 112 cm³/mol. The van der Waals surface area contributed by atoms with Gasteiger partial charge in [0.2, 0.25) is 0 Å². The number of aromatic nitrogens is 3. The summed E-state index contributed by atoms with van der Waals surface area (Å²) in [4.78, 5) is 23.6. The third-order valence-corrected chi connectivity index (χ3v) is 4.31. The number of hydrogen-bond acceptors (Lipinski definition) is 5. The number of H-pyrrole nitrogens is 1. The molecule has 0 aliphatic rings. The zero-order valence-electron chi connectivity index (χ0n) is 15.6. The van der Waals surface area contributed by atoms with Gasteiger partial charge < -0.3 is 20.8 Å². The first kappa shape index (κ1) is 18.1. The molecule has 4 rings (SSSR count). The van der Waals surface area contributed by atoms with Gasteiger partial charge in [0.15, 0.2) is 0 Å². The van der Waals surface area contributed by atoms with Crippen LogP contribution in [-0.2, 0) is 0 Å². The van der Waals surface area contributed by atoms with Gasteiger partial charge in [0.1, 0.15) is 23.5 Å². The van der Waals surface area contributed by atoms with Gasteiger partial charge in [0, 0.05) is 23.0 Å². The summed E-state index contributed by atoms with van der Waals surface area (Å²) in [6.07, 6.45) is 3.15. The number of nitrogen functional groups attached to an aromatic ring is 1. The molecule has 0 atom stereocenters. The summed E-state index contributed by atoms with van der Waals surface area (Å²) in [7, 11) is 1.58. The highest BCUT2D eigenvalue weighted by molar-refractivity contribution is 6.04. The number of rotatable bonds is 3. The van der Waals surface area contributed by atoms with Crippen LogP contribution >= 0.6 is 0 Å². The van der Waals surface area contributed by atoms with Crippen LogP contribution in [0.5, 0.6) is 5.75 Å². The SMILES string of the molecule is COc1ccc(C(=O)Nc2cccc(C#Cc3c[nH]c4ncnc(N)c34)c2)cc1. The largest absolute Gasteiger partial charge is 0.497 e. The fourth-order valence-corrected chi connectivity index (χ4v) is 2.85. The molecular weight excluding hydrogens is 366 g/mol. The van der Waals surface area contributed by atoms with Crippen molar-refractivity contribution in [3.8, 4) is 17.6 Å². The van der Waals surface area contributed by atoms with Crippen molar-refractivity contribution in [1.82, 2.24) is 15.0 Å². The summed E-state index contributed by atoms with van der Waals surface area (Å²) in [5.74, 6) is 7.03. The standard InChI is InChI=1S/C22H17N5O2/c1-29-18-9-7-15(8-10-18)22(28)27-17-4-2-3-14(11-17)5-6-16-12-24-21-19(16)20(23)25-13-26-21/h2-4,7-13H,1H3,(H,27,28)(H3,23,24,25,26). The molecule has 4 N–H and O–H groups in total. The number of benzene rings is 2. The molecule has 0 radical (unpaired) electrons. The van der Waals surface area contributed by atoms with Gasteiger partial charge in [-0.05, 0) is 42.5 Å². The fourth-order valence-electron chi connectivity index (χ4n) is 2.85. The number of aromatic amines is 1. The van der Waals surface area contributed by atoms with E-state index in [4.69, 9.17) is 10.5 Å². The van der Waals surface area contributed by atoms with Crippen molar-refractivity contribution < 1.29 is 9.53 Å². The Bertz CT molecular complexity index is 1250. The maximum absolute atomic E-state index is 12.4. The lowest BCUT2D eigenvalue weighted by Gasteiger charge is -2.06. The average molecular weight is 383 g/mol. The summed E-state index contributed by atoms with van der Waals surface area (Å²) >= 11 is 0. The lowest BCUT2D eigenvalue weighted by atomic mass is 10.1. The smallest absolute Gasteiger partial charge is 0.255 e. The first-order valence-corrected chi connectivity index (χ1v) is 8.79. The molecule has 0 aliphatic heterocycles. The molecule has 0 unspecified atom stereocenters. The number of carbonyl (C=O) groups excluding carboxylic acids is 1. The van der Waals surface area contributed by atoms with Gasteiger partial charge in [-0.3, -0.25) is 4.79 Å². The maximum Gasteiger partial charge on any atom is 0.255 e. The molecule has 0 fully saturated rings. The first-order chi connectivity index (χ1) is 14.1. The highest BCUT2D eigenvalue weighted by atomic mass is 16.5. The molecule has 142 valence electrons. The van der Waals surface area contributed by atoms with Crippen molar-refractivity contribution in [3.05, 3.63) is 77.7 Å². The zero-order chi connectivity index (χ0) is 20.2. The Balaban J connectivity index is 1.55. The zero-order valence-corrected chi connectivity index (χ0v) is 15.6. The Kier molecular flexibility index (Phi) is 4.82. The quantitative estimate of drug-likeness (QED) is 0.471. The van der Waals surface area contributed by atoms with E-state index in [9.17, 15) is 4.79 Å². The molecule has 29 heavy (non-hydrogen) atoms. The Labute approximate surface area is 166 Å². The van der Waals surface area contributed by atoms with Crippen LogP contribution < -0.4 is 15.8 Å². The van der Waals surface area contributed by atoms with Crippen LogP contribution in [0.2, 0.25) is 0 Å². The molecule has 0 aliphatic carbocycles. The van der Waals surface area contributed by atoms with Crippen LogP contribution in [0.4, 0.5) is 11.5 Å². The van der Waals surface area contributed by atoms with Crippen molar-refractivity contribution in [2.24, 2.45) is 0 Å². The summed E-state index contributed by atoms with van der Waals surface area (Å²) in [6.45, 7) is 0. The second-order valence-corrected chi connectivity index (χ2v) is 6.20. The minimum atomic E-state index is -0.209. The van der Waals surface area contributed by atoms with Gasteiger partial charge in [-0.1, -0.05) is 17.9 Å². The minimum absolute atomic E-state index is 0.209. The lowest BCUT2D eigenvalue weighted by Crippen LogP contribution is -2.11. The van der Waals surface area contributed by atoms with Gasteiger partial charge in [0.25, 0.3) is 5.91 Å². The van der Waals surface area contributed by atoms with Crippen LogP contribution in [0.25, 0.3) is 11.0 Å². The van der Waals surface area contributed by atoms with Crippen molar-refractivity contribution in [3.63, 3.8) is 0 Å². The lowest BCUT2D eigenvalue weighted by molar-refractivity contribution is 0.102. The Morgan fingerprint density at radius 2 is 1.97 bits per heavy atom. The summed E-state index contributed by atoms with van der Waals surface area (Å²) in [5, 5.41) is 3.57. The van der Waals surface area contributed by atoms with Crippen LogP contribution in [0.1, 0.15) is 21.5 Å². The van der Waals surface area contributed by atoms with Crippen molar-refractivity contribution in [1.29, 1.82) is 0 Å². The molecular formula is C22H17N5O2. The minimum Gasteiger partial charge on any atom is -0.497 e. The van der Waals surface area contributed by atoms with Crippen LogP contribution in [0.15, 0.2) is 61.1 Å². The molecule has 0 saturated heterocycles. The number of methoxy groups -OCH3 is 1. The number of amides is 1. The topological polar surface area (TPSA) is 106 Å². The molecule has 0 saturated carbocycles. The number of ether oxygens (including phenoxy) is 1. The van der Waals surface area contributed by atoms with E-state index in [-0.39, 0.29) is 5.91 Å². The van der Waals surface area contributed by atoms with E-state index in [1.165, 1.54) is 6.33 Å². The van der Waals surface area contributed by atoms with E-state index in [2.05, 4.69) is 32.1 Å². The highest BCUT2D eigenvalue weighted by Crippen LogP contribution is 2.20. The monoisotopic (exact) mass is 383 g/mol. The fraction of sp³-hybridized carbons (Fsp3) is 0.0455. The van der Waals surface area contributed by atoms with Crippen LogP contribution in [0.3, 0.4) is 0 Å². The van der Waals surface area contributed by atoms with E-state index < -0.39 is 0 Å². The van der Waals surface area contributed by atoms with Gasteiger partial charge in [-0.2, -0.15) is 0 Å². The molecule has 0 bridgehead atoms. The van der Waals surface area contributed by atoms with Crippen LogP contribution in [0, 0.1) is 11.8 Å². The van der Waals surface area contributed by atoms with E-state index in [1.807, 2.05) is 24.3 Å². The number of anilines is 2. The number of hydrogen-bond donors (Lipinski definition) is 3.